The van der Waals surface area contributed by atoms with Crippen molar-refractivity contribution in [2.75, 3.05) is 18.6 Å². The zero-order chi connectivity index (χ0) is 13.3. The number of carbonyl (C=O) groups is 1. The molecule has 0 aromatic heterocycles. The van der Waals surface area contributed by atoms with E-state index in [4.69, 9.17) is 4.74 Å². The van der Waals surface area contributed by atoms with Crippen LogP contribution in [0, 0.1) is 5.82 Å². The number of rotatable bonds is 2. The van der Waals surface area contributed by atoms with Crippen LogP contribution >= 0.6 is 0 Å². The molecule has 18 heavy (non-hydrogen) atoms. The molecule has 1 aromatic carbocycles. The zero-order valence-electron chi connectivity index (χ0n) is 9.78. The first-order valence-corrected chi connectivity index (χ1v) is 5.51. The van der Waals surface area contributed by atoms with Crippen molar-refractivity contribution in [3.05, 3.63) is 30.1 Å². The second-order valence-corrected chi connectivity index (χ2v) is 4.19. The van der Waals surface area contributed by atoms with Gasteiger partial charge in [-0.25, -0.2) is 4.39 Å². The highest BCUT2D eigenvalue weighted by Gasteiger charge is 2.41. The van der Waals surface area contributed by atoms with Crippen LogP contribution in [-0.2, 0) is 9.53 Å². The summed E-state index contributed by atoms with van der Waals surface area (Å²) in [6.07, 6.45) is -3.44. The smallest absolute Gasteiger partial charge is 0.258 e. The number of hydrogen-bond donors (Lipinski definition) is 2. The molecular formula is C12H14FNO4. The van der Waals surface area contributed by atoms with E-state index in [1.165, 1.54) is 30.1 Å². The van der Waals surface area contributed by atoms with Crippen molar-refractivity contribution in [2.45, 2.75) is 18.3 Å². The molecule has 1 saturated heterocycles. The first kappa shape index (κ1) is 12.9. The highest BCUT2D eigenvalue weighted by atomic mass is 19.1. The van der Waals surface area contributed by atoms with Crippen LogP contribution < -0.4 is 4.90 Å². The predicted molar refractivity (Wildman–Crippen MR) is 61.6 cm³/mol. The van der Waals surface area contributed by atoms with Crippen molar-refractivity contribution >= 4 is 11.6 Å². The molecule has 0 aliphatic carbocycles. The fraction of sp³-hybridized carbons (Fsp3) is 0.417. The molecule has 2 rings (SSSR count). The van der Waals surface area contributed by atoms with Crippen molar-refractivity contribution in [3.63, 3.8) is 0 Å². The highest BCUT2D eigenvalue weighted by molar-refractivity contribution is 5.96. The summed E-state index contributed by atoms with van der Waals surface area (Å²) < 4.78 is 18.1. The lowest BCUT2D eigenvalue weighted by Gasteiger charge is -2.22. The fourth-order valence-electron chi connectivity index (χ4n) is 1.82. The number of nitrogens with zero attached hydrogens (tertiary/aromatic N) is 1. The molecule has 1 fully saturated rings. The summed E-state index contributed by atoms with van der Waals surface area (Å²) in [4.78, 5) is 13.2. The molecule has 0 saturated carbocycles. The van der Waals surface area contributed by atoms with E-state index in [-0.39, 0.29) is 6.61 Å². The van der Waals surface area contributed by atoms with Gasteiger partial charge in [-0.2, -0.15) is 0 Å². The molecule has 1 amide bonds. The standard InChI is InChI=1S/C12H14FNO4/c1-14(8-4-2-3-7(13)5-8)12(17)11-10(16)9(15)6-18-11/h2-5,9-11,15-16H,6H2,1H3. The Bertz CT molecular complexity index is 453. The SMILES string of the molecule is CN(C(=O)C1OCC(O)C1O)c1cccc(F)c1. The normalized spacial score (nSPS) is 27.2. The number of amides is 1. The monoisotopic (exact) mass is 255 g/mol. The fourth-order valence-corrected chi connectivity index (χ4v) is 1.82. The van der Waals surface area contributed by atoms with Crippen molar-refractivity contribution in [1.82, 2.24) is 0 Å². The van der Waals surface area contributed by atoms with E-state index in [9.17, 15) is 19.4 Å². The number of carbonyl (C=O) groups excluding carboxylic acids is 1. The van der Waals surface area contributed by atoms with Crippen LogP contribution in [0.25, 0.3) is 0 Å². The molecule has 5 nitrogen and oxygen atoms in total. The average Bonchev–Trinajstić information content (AvgIpc) is 2.68. The van der Waals surface area contributed by atoms with Gasteiger partial charge in [0.05, 0.1) is 6.61 Å². The quantitative estimate of drug-likeness (QED) is 0.775. The van der Waals surface area contributed by atoms with Gasteiger partial charge >= 0.3 is 0 Å². The average molecular weight is 255 g/mol. The molecule has 3 atom stereocenters. The number of ether oxygens (including phenoxy) is 1. The third kappa shape index (κ3) is 2.35. The summed E-state index contributed by atoms with van der Waals surface area (Å²) in [7, 11) is 1.46. The molecular weight excluding hydrogens is 241 g/mol. The molecule has 0 spiro atoms. The van der Waals surface area contributed by atoms with E-state index in [2.05, 4.69) is 0 Å². The van der Waals surface area contributed by atoms with Crippen LogP contribution in [0.2, 0.25) is 0 Å². The maximum atomic E-state index is 13.0. The van der Waals surface area contributed by atoms with Crippen LogP contribution in [0.4, 0.5) is 10.1 Å². The van der Waals surface area contributed by atoms with Gasteiger partial charge < -0.3 is 19.8 Å². The zero-order valence-corrected chi connectivity index (χ0v) is 9.78. The van der Waals surface area contributed by atoms with Gasteiger partial charge in [-0.3, -0.25) is 4.79 Å². The van der Waals surface area contributed by atoms with E-state index < -0.39 is 30.0 Å². The number of aliphatic hydroxyl groups excluding tert-OH is 2. The van der Waals surface area contributed by atoms with Gasteiger partial charge in [0.15, 0.2) is 6.10 Å². The predicted octanol–water partition coefficient (Wildman–Crippen LogP) is -0.0909. The molecule has 0 bridgehead atoms. The Labute approximate surface area is 103 Å². The number of benzene rings is 1. The minimum atomic E-state index is -1.26. The second kappa shape index (κ2) is 5.01. The summed E-state index contributed by atoms with van der Waals surface area (Å²) in [6.45, 7) is -0.0887. The lowest BCUT2D eigenvalue weighted by Crippen LogP contribution is -2.43. The third-order valence-electron chi connectivity index (χ3n) is 2.92. The van der Waals surface area contributed by atoms with Gasteiger partial charge in [0, 0.05) is 12.7 Å². The number of likely N-dealkylation sites (N-methyl/N-ethyl adjacent to an activating group) is 1. The van der Waals surface area contributed by atoms with E-state index in [1.807, 2.05) is 0 Å². The van der Waals surface area contributed by atoms with Crippen molar-refractivity contribution in [2.24, 2.45) is 0 Å². The summed E-state index contributed by atoms with van der Waals surface area (Å²) in [5.41, 5.74) is 0.359. The minimum absolute atomic E-state index is 0.0887. The largest absolute Gasteiger partial charge is 0.388 e. The van der Waals surface area contributed by atoms with Crippen LogP contribution in [0.15, 0.2) is 24.3 Å². The second-order valence-electron chi connectivity index (χ2n) is 4.19. The van der Waals surface area contributed by atoms with Crippen molar-refractivity contribution < 1.29 is 24.1 Å². The number of anilines is 1. The van der Waals surface area contributed by atoms with Crippen LogP contribution in [0.5, 0.6) is 0 Å². The molecule has 1 aliphatic heterocycles. The topological polar surface area (TPSA) is 70.0 Å². The first-order valence-electron chi connectivity index (χ1n) is 5.51. The highest BCUT2D eigenvalue weighted by Crippen LogP contribution is 2.20. The van der Waals surface area contributed by atoms with E-state index in [0.717, 1.165) is 0 Å². The lowest BCUT2D eigenvalue weighted by molar-refractivity contribution is -0.130. The molecule has 3 unspecified atom stereocenters. The lowest BCUT2D eigenvalue weighted by atomic mass is 10.1. The Hall–Kier alpha value is -1.50. The molecule has 2 N–H and O–H groups in total. The van der Waals surface area contributed by atoms with Crippen molar-refractivity contribution in [1.29, 1.82) is 0 Å². The Morgan fingerprint density at radius 3 is 2.78 bits per heavy atom. The first-order chi connectivity index (χ1) is 8.50. The maximum Gasteiger partial charge on any atom is 0.258 e. The molecule has 98 valence electrons. The van der Waals surface area contributed by atoms with Crippen LogP contribution in [-0.4, -0.2) is 48.1 Å². The van der Waals surface area contributed by atoms with Gasteiger partial charge in [0.25, 0.3) is 5.91 Å². The Morgan fingerprint density at radius 2 is 2.22 bits per heavy atom. The third-order valence-corrected chi connectivity index (χ3v) is 2.92. The van der Waals surface area contributed by atoms with Gasteiger partial charge in [-0.1, -0.05) is 6.07 Å². The van der Waals surface area contributed by atoms with E-state index in [0.29, 0.717) is 5.69 Å². The van der Waals surface area contributed by atoms with E-state index in [1.54, 1.807) is 6.07 Å². The van der Waals surface area contributed by atoms with Gasteiger partial charge in [0.1, 0.15) is 18.0 Å². The van der Waals surface area contributed by atoms with Gasteiger partial charge in [0.2, 0.25) is 0 Å². The Balaban J connectivity index is 2.14. The summed E-state index contributed by atoms with van der Waals surface area (Å²) in [5, 5.41) is 18.9. The van der Waals surface area contributed by atoms with Crippen LogP contribution in [0.3, 0.4) is 0 Å². The van der Waals surface area contributed by atoms with E-state index >= 15 is 0 Å². The number of hydrogen-bond acceptors (Lipinski definition) is 4. The Morgan fingerprint density at radius 1 is 1.50 bits per heavy atom. The number of aliphatic hydroxyl groups is 2. The summed E-state index contributed by atoms with van der Waals surface area (Å²) in [6, 6.07) is 5.52. The maximum absolute atomic E-state index is 13.0. The van der Waals surface area contributed by atoms with Gasteiger partial charge in [-0.05, 0) is 18.2 Å². The van der Waals surface area contributed by atoms with Gasteiger partial charge in [-0.15, -0.1) is 0 Å². The molecule has 1 heterocycles. The minimum Gasteiger partial charge on any atom is -0.388 e. The summed E-state index contributed by atoms with van der Waals surface area (Å²) in [5.74, 6) is -0.982. The molecule has 0 radical (unpaired) electrons. The Kier molecular flexibility index (Phi) is 3.60. The van der Waals surface area contributed by atoms with Crippen LogP contribution in [0.1, 0.15) is 0 Å². The number of halogens is 1. The molecule has 1 aromatic rings. The molecule has 1 aliphatic rings. The van der Waals surface area contributed by atoms with Crippen molar-refractivity contribution in [3.8, 4) is 0 Å². The summed E-state index contributed by atoms with van der Waals surface area (Å²) >= 11 is 0. The molecule has 6 heteroatoms.